The highest BCUT2D eigenvalue weighted by Gasteiger charge is 2.02. The molecule has 16 heavy (non-hydrogen) atoms. The van der Waals surface area contributed by atoms with Crippen LogP contribution in [0, 0.1) is 0 Å². The van der Waals surface area contributed by atoms with Crippen LogP contribution < -0.4 is 5.32 Å². The van der Waals surface area contributed by atoms with E-state index in [1.165, 1.54) is 6.33 Å². The molecule has 2 aromatic rings. The summed E-state index contributed by atoms with van der Waals surface area (Å²) in [6, 6.07) is 8.00. The van der Waals surface area contributed by atoms with Crippen molar-refractivity contribution in [2.45, 2.75) is 6.54 Å². The lowest BCUT2D eigenvalue weighted by molar-refractivity contribution is 1.08. The van der Waals surface area contributed by atoms with Gasteiger partial charge in [-0.25, -0.2) is 9.97 Å². The molecule has 0 amide bonds. The first-order chi connectivity index (χ1) is 7.77. The fourth-order valence-corrected chi connectivity index (χ4v) is 1.86. The highest BCUT2D eigenvalue weighted by molar-refractivity contribution is 9.10. The SMILES string of the molecule is Clc1cncnc1NCc1ccccc1Br. The first-order valence-electron chi connectivity index (χ1n) is 4.70. The second kappa shape index (κ2) is 5.27. The summed E-state index contributed by atoms with van der Waals surface area (Å²) >= 11 is 9.41. The summed E-state index contributed by atoms with van der Waals surface area (Å²) in [7, 11) is 0. The van der Waals surface area contributed by atoms with E-state index in [1.54, 1.807) is 6.20 Å². The van der Waals surface area contributed by atoms with Crippen molar-refractivity contribution in [2.75, 3.05) is 5.32 Å². The molecule has 0 saturated carbocycles. The molecule has 0 aliphatic rings. The summed E-state index contributed by atoms with van der Waals surface area (Å²) in [5, 5.41) is 3.68. The first-order valence-corrected chi connectivity index (χ1v) is 5.87. The number of halogens is 2. The minimum atomic E-state index is 0.523. The van der Waals surface area contributed by atoms with Crippen LogP contribution in [0.3, 0.4) is 0 Å². The molecule has 0 spiro atoms. The maximum absolute atomic E-state index is 5.93. The molecule has 0 aliphatic heterocycles. The number of hydrogen-bond donors (Lipinski definition) is 1. The number of hydrogen-bond acceptors (Lipinski definition) is 3. The van der Waals surface area contributed by atoms with Crippen LogP contribution in [0.1, 0.15) is 5.56 Å². The van der Waals surface area contributed by atoms with Gasteiger partial charge in [-0.1, -0.05) is 45.7 Å². The van der Waals surface area contributed by atoms with Gasteiger partial charge in [0.25, 0.3) is 0 Å². The van der Waals surface area contributed by atoms with E-state index in [2.05, 4.69) is 31.2 Å². The fourth-order valence-electron chi connectivity index (χ4n) is 1.26. The zero-order valence-electron chi connectivity index (χ0n) is 8.32. The molecule has 0 saturated heterocycles. The number of aromatic nitrogens is 2. The number of benzene rings is 1. The molecule has 1 aromatic heterocycles. The fraction of sp³-hybridized carbons (Fsp3) is 0.0909. The molecule has 1 N–H and O–H groups in total. The van der Waals surface area contributed by atoms with Crippen LogP contribution in [0.4, 0.5) is 5.82 Å². The van der Waals surface area contributed by atoms with E-state index < -0.39 is 0 Å². The Morgan fingerprint density at radius 3 is 2.88 bits per heavy atom. The van der Waals surface area contributed by atoms with Gasteiger partial charge in [-0.05, 0) is 11.6 Å². The van der Waals surface area contributed by atoms with Crippen LogP contribution in [0.15, 0.2) is 41.3 Å². The maximum atomic E-state index is 5.93. The number of nitrogens with zero attached hydrogens (tertiary/aromatic N) is 2. The molecule has 0 bridgehead atoms. The average Bonchev–Trinajstić information content (AvgIpc) is 2.30. The van der Waals surface area contributed by atoms with Gasteiger partial charge in [0, 0.05) is 11.0 Å². The Morgan fingerprint density at radius 2 is 2.12 bits per heavy atom. The molecule has 3 nitrogen and oxygen atoms in total. The predicted octanol–water partition coefficient (Wildman–Crippen LogP) is 3.50. The van der Waals surface area contributed by atoms with Gasteiger partial charge in [0.2, 0.25) is 0 Å². The van der Waals surface area contributed by atoms with E-state index >= 15 is 0 Å². The van der Waals surface area contributed by atoms with Crippen molar-refractivity contribution in [3.8, 4) is 0 Å². The highest BCUT2D eigenvalue weighted by Crippen LogP contribution is 2.20. The zero-order chi connectivity index (χ0) is 11.4. The topological polar surface area (TPSA) is 37.8 Å². The van der Waals surface area contributed by atoms with Crippen LogP contribution in [0.25, 0.3) is 0 Å². The molecule has 0 unspecified atom stereocenters. The van der Waals surface area contributed by atoms with Crippen molar-refractivity contribution < 1.29 is 0 Å². The van der Waals surface area contributed by atoms with Gasteiger partial charge < -0.3 is 5.32 Å². The Kier molecular flexibility index (Phi) is 3.74. The standard InChI is InChI=1S/C11H9BrClN3/c12-9-4-2-1-3-8(9)5-15-11-10(13)6-14-7-16-11/h1-4,6-7H,5H2,(H,14,15,16). The van der Waals surface area contributed by atoms with Gasteiger partial charge in [0.1, 0.15) is 17.2 Å². The van der Waals surface area contributed by atoms with E-state index in [0.29, 0.717) is 17.4 Å². The van der Waals surface area contributed by atoms with Crippen molar-refractivity contribution in [2.24, 2.45) is 0 Å². The molecule has 0 atom stereocenters. The Morgan fingerprint density at radius 1 is 1.31 bits per heavy atom. The molecule has 5 heteroatoms. The van der Waals surface area contributed by atoms with Crippen molar-refractivity contribution in [3.05, 3.63) is 51.8 Å². The van der Waals surface area contributed by atoms with Crippen molar-refractivity contribution in [1.29, 1.82) is 0 Å². The third kappa shape index (κ3) is 2.71. The lowest BCUT2D eigenvalue weighted by Gasteiger charge is -2.07. The third-order valence-electron chi connectivity index (χ3n) is 2.07. The molecule has 82 valence electrons. The summed E-state index contributed by atoms with van der Waals surface area (Å²) in [4.78, 5) is 7.88. The third-order valence-corrected chi connectivity index (χ3v) is 3.12. The summed E-state index contributed by atoms with van der Waals surface area (Å²) < 4.78 is 1.06. The van der Waals surface area contributed by atoms with Crippen molar-refractivity contribution >= 4 is 33.3 Å². The Bertz CT molecular complexity index is 445. The van der Waals surface area contributed by atoms with Crippen LogP contribution in [0.5, 0.6) is 0 Å². The van der Waals surface area contributed by atoms with Gasteiger partial charge >= 0.3 is 0 Å². The zero-order valence-corrected chi connectivity index (χ0v) is 10.7. The van der Waals surface area contributed by atoms with Crippen molar-refractivity contribution in [3.63, 3.8) is 0 Å². The minimum absolute atomic E-state index is 0.523. The smallest absolute Gasteiger partial charge is 0.148 e. The summed E-state index contributed by atoms with van der Waals surface area (Å²) in [5.74, 6) is 0.646. The van der Waals surface area contributed by atoms with Crippen LogP contribution in [0.2, 0.25) is 5.02 Å². The second-order valence-corrected chi connectivity index (χ2v) is 4.43. The molecule has 0 radical (unpaired) electrons. The van der Waals surface area contributed by atoms with Crippen LogP contribution >= 0.6 is 27.5 Å². The predicted molar refractivity (Wildman–Crippen MR) is 68.5 cm³/mol. The summed E-state index contributed by atoms with van der Waals surface area (Å²) in [5.41, 5.74) is 1.15. The number of anilines is 1. The molecule has 0 fully saturated rings. The van der Waals surface area contributed by atoms with Crippen LogP contribution in [-0.2, 0) is 6.54 Å². The molecule has 2 rings (SSSR count). The van der Waals surface area contributed by atoms with Crippen molar-refractivity contribution in [1.82, 2.24) is 9.97 Å². The number of rotatable bonds is 3. The molecule has 1 heterocycles. The summed E-state index contributed by atoms with van der Waals surface area (Å²) in [6.07, 6.45) is 3.03. The van der Waals surface area contributed by atoms with Crippen LogP contribution in [-0.4, -0.2) is 9.97 Å². The normalized spacial score (nSPS) is 10.1. The first kappa shape index (κ1) is 11.4. The lowest BCUT2D eigenvalue weighted by Crippen LogP contribution is -2.02. The Labute approximate surface area is 107 Å². The Balaban J connectivity index is 2.09. The van der Waals surface area contributed by atoms with Gasteiger partial charge in [0.05, 0.1) is 6.20 Å². The minimum Gasteiger partial charge on any atom is -0.365 e. The molecular formula is C11H9BrClN3. The number of nitrogens with one attached hydrogen (secondary N) is 1. The van der Waals surface area contributed by atoms with E-state index in [4.69, 9.17) is 11.6 Å². The van der Waals surface area contributed by atoms with E-state index in [0.717, 1.165) is 10.0 Å². The van der Waals surface area contributed by atoms with E-state index in [9.17, 15) is 0 Å². The monoisotopic (exact) mass is 297 g/mol. The quantitative estimate of drug-likeness (QED) is 0.942. The second-order valence-electron chi connectivity index (χ2n) is 3.16. The summed E-state index contributed by atoms with van der Waals surface area (Å²) in [6.45, 7) is 0.665. The molecule has 0 aliphatic carbocycles. The lowest BCUT2D eigenvalue weighted by atomic mass is 10.2. The van der Waals surface area contributed by atoms with E-state index in [1.807, 2.05) is 24.3 Å². The molecule has 1 aromatic carbocycles. The van der Waals surface area contributed by atoms with Gasteiger partial charge in [0.15, 0.2) is 0 Å². The van der Waals surface area contributed by atoms with Gasteiger partial charge in [-0.3, -0.25) is 0 Å². The van der Waals surface area contributed by atoms with Gasteiger partial charge in [-0.15, -0.1) is 0 Å². The van der Waals surface area contributed by atoms with E-state index in [-0.39, 0.29) is 0 Å². The average molecular weight is 299 g/mol. The largest absolute Gasteiger partial charge is 0.365 e. The highest BCUT2D eigenvalue weighted by atomic mass is 79.9. The van der Waals surface area contributed by atoms with Gasteiger partial charge in [-0.2, -0.15) is 0 Å². The molecular weight excluding hydrogens is 289 g/mol. The maximum Gasteiger partial charge on any atom is 0.148 e. The Hall–Kier alpha value is -1.13.